The lowest BCUT2D eigenvalue weighted by atomic mass is 9.43. The normalized spacial score (nSPS) is 45.2. The number of hydrogen-bond acceptors (Lipinski definition) is 6. The van der Waals surface area contributed by atoms with Gasteiger partial charge in [0.1, 0.15) is 5.78 Å². The molecule has 0 aromatic heterocycles. The number of aryl methyl sites for hydroxylation is 1. The van der Waals surface area contributed by atoms with Gasteiger partial charge in [0, 0.05) is 23.7 Å². The molecule has 1 aromatic carbocycles. The van der Waals surface area contributed by atoms with Crippen LogP contribution in [0.4, 0.5) is 0 Å². The van der Waals surface area contributed by atoms with E-state index in [9.17, 15) is 23.4 Å². The van der Waals surface area contributed by atoms with Crippen molar-refractivity contribution < 1.29 is 27.6 Å². The predicted molar refractivity (Wildman–Crippen MR) is 123 cm³/mol. The first kappa shape index (κ1) is 23.5. The highest BCUT2D eigenvalue weighted by atomic mass is 32.2. The minimum absolute atomic E-state index is 0.0971. The Kier molecular flexibility index (Phi) is 5.41. The lowest BCUT2D eigenvalue weighted by Gasteiger charge is -2.64. The van der Waals surface area contributed by atoms with Gasteiger partial charge in [0.2, 0.25) is 0 Å². The van der Waals surface area contributed by atoms with Crippen LogP contribution in [-0.4, -0.2) is 42.2 Å². The number of hydrogen-bond donors (Lipinski definition) is 2. The molecule has 4 aliphatic rings. The maximum absolute atomic E-state index is 12.9. The standard InChI is InChI=1S/C26H36O6S/c1-16-4-6-18(7-5-16)33(30,31)32-17-10-13-25(3)21-11-12-24(2)20(8-9-22(24)27)19(21)14-23(28)26(25,29)15-17/h4-7,17,19-21,23,28-29H,8-15H2,1-3H3/t17?,19-,20-,21+,23?,24-,25+,26?/m0/s1. The van der Waals surface area contributed by atoms with Crippen molar-refractivity contribution in [1.82, 2.24) is 0 Å². The number of aliphatic hydroxyl groups is 2. The zero-order valence-corrected chi connectivity index (χ0v) is 20.6. The van der Waals surface area contributed by atoms with E-state index in [1.54, 1.807) is 12.1 Å². The molecule has 1 aromatic rings. The lowest BCUT2D eigenvalue weighted by molar-refractivity contribution is -0.260. The number of ketones is 1. The predicted octanol–water partition coefficient (Wildman–Crippen LogP) is 3.77. The second kappa shape index (κ2) is 7.61. The molecule has 7 heteroatoms. The molecule has 0 saturated heterocycles. The molecule has 5 rings (SSSR count). The number of fused-ring (bicyclic) bond motifs is 5. The van der Waals surface area contributed by atoms with Crippen LogP contribution < -0.4 is 0 Å². The summed E-state index contributed by atoms with van der Waals surface area (Å²) < 4.78 is 31.3. The Morgan fingerprint density at radius 1 is 1.03 bits per heavy atom. The lowest BCUT2D eigenvalue weighted by Crippen LogP contribution is -2.68. The van der Waals surface area contributed by atoms with Gasteiger partial charge in [-0.1, -0.05) is 31.5 Å². The highest BCUT2D eigenvalue weighted by Gasteiger charge is 2.67. The number of carbonyl (C=O) groups is 1. The topological polar surface area (TPSA) is 101 Å². The van der Waals surface area contributed by atoms with Crippen LogP contribution >= 0.6 is 0 Å². The van der Waals surface area contributed by atoms with E-state index in [1.165, 1.54) is 12.1 Å². The van der Waals surface area contributed by atoms with Crippen molar-refractivity contribution in [2.75, 3.05) is 0 Å². The molecule has 0 bridgehead atoms. The van der Waals surface area contributed by atoms with E-state index in [2.05, 4.69) is 13.8 Å². The number of aliphatic hydroxyl groups excluding tert-OH is 1. The van der Waals surface area contributed by atoms with Gasteiger partial charge in [0.25, 0.3) is 10.1 Å². The molecule has 8 atom stereocenters. The van der Waals surface area contributed by atoms with Gasteiger partial charge in [-0.2, -0.15) is 8.42 Å². The summed E-state index contributed by atoms with van der Waals surface area (Å²) in [7, 11) is -3.96. The first-order valence-electron chi connectivity index (χ1n) is 12.3. The van der Waals surface area contributed by atoms with Crippen molar-refractivity contribution in [3.63, 3.8) is 0 Å². The van der Waals surface area contributed by atoms with Crippen molar-refractivity contribution in [1.29, 1.82) is 0 Å². The zero-order chi connectivity index (χ0) is 23.8. The molecule has 2 N–H and O–H groups in total. The van der Waals surface area contributed by atoms with Gasteiger partial charge in [0.05, 0.1) is 22.7 Å². The molecular formula is C26H36O6S. The second-order valence-electron chi connectivity index (χ2n) is 11.6. The Morgan fingerprint density at radius 3 is 2.42 bits per heavy atom. The van der Waals surface area contributed by atoms with Crippen LogP contribution in [0.2, 0.25) is 0 Å². The summed E-state index contributed by atoms with van der Waals surface area (Å²) in [6.07, 6.45) is 3.21. The van der Waals surface area contributed by atoms with Crippen LogP contribution in [0, 0.1) is 35.5 Å². The molecule has 6 nitrogen and oxygen atoms in total. The maximum Gasteiger partial charge on any atom is 0.297 e. The molecule has 0 amide bonds. The van der Waals surface area contributed by atoms with Gasteiger partial charge in [-0.25, -0.2) is 0 Å². The highest BCUT2D eigenvalue weighted by molar-refractivity contribution is 7.86. The Hall–Kier alpha value is -1.28. The SMILES string of the molecule is Cc1ccc(S(=O)(=O)OC2CC[C@]3(C)[C@@H]4CC[C@]5(C)C(=O)CC[C@H]5[C@@H]4CC(O)C3(O)C2)cc1. The van der Waals surface area contributed by atoms with Crippen LogP contribution in [0.3, 0.4) is 0 Å². The monoisotopic (exact) mass is 476 g/mol. The van der Waals surface area contributed by atoms with Gasteiger partial charge < -0.3 is 10.2 Å². The zero-order valence-electron chi connectivity index (χ0n) is 19.8. The molecular weight excluding hydrogens is 440 g/mol. The fourth-order valence-corrected chi connectivity index (χ4v) is 9.14. The second-order valence-corrected chi connectivity index (χ2v) is 13.2. The highest BCUT2D eigenvalue weighted by Crippen LogP contribution is 2.66. The molecule has 4 aliphatic carbocycles. The minimum Gasteiger partial charge on any atom is -0.390 e. The quantitative estimate of drug-likeness (QED) is 0.644. The number of carbonyl (C=O) groups excluding carboxylic acids is 1. The van der Waals surface area contributed by atoms with E-state index < -0.39 is 33.3 Å². The van der Waals surface area contributed by atoms with Crippen LogP contribution in [0.5, 0.6) is 0 Å². The number of rotatable bonds is 3. The smallest absolute Gasteiger partial charge is 0.297 e. The summed E-state index contributed by atoms with van der Waals surface area (Å²) in [5, 5.41) is 23.2. The van der Waals surface area contributed by atoms with E-state index >= 15 is 0 Å². The Bertz CT molecular complexity index is 1050. The van der Waals surface area contributed by atoms with Crippen molar-refractivity contribution in [3.8, 4) is 0 Å². The molecule has 182 valence electrons. The van der Waals surface area contributed by atoms with Crippen molar-refractivity contribution in [2.45, 2.75) is 94.8 Å². The van der Waals surface area contributed by atoms with E-state index in [-0.39, 0.29) is 34.5 Å². The van der Waals surface area contributed by atoms with Gasteiger partial charge in [0.15, 0.2) is 0 Å². The molecule has 3 unspecified atom stereocenters. The third-order valence-electron chi connectivity index (χ3n) is 10.1. The van der Waals surface area contributed by atoms with E-state index in [1.807, 2.05) is 6.92 Å². The summed E-state index contributed by atoms with van der Waals surface area (Å²) >= 11 is 0. The molecule has 33 heavy (non-hydrogen) atoms. The van der Waals surface area contributed by atoms with E-state index in [4.69, 9.17) is 4.18 Å². The maximum atomic E-state index is 12.9. The van der Waals surface area contributed by atoms with Crippen molar-refractivity contribution >= 4 is 15.9 Å². The Labute approximate surface area is 196 Å². The van der Waals surface area contributed by atoms with Crippen molar-refractivity contribution in [3.05, 3.63) is 29.8 Å². The molecule has 0 radical (unpaired) electrons. The first-order valence-corrected chi connectivity index (χ1v) is 13.8. The van der Waals surface area contributed by atoms with Gasteiger partial charge in [-0.05, 0) is 75.3 Å². The third-order valence-corrected chi connectivity index (χ3v) is 11.5. The summed E-state index contributed by atoms with van der Waals surface area (Å²) in [5.74, 6) is 1.04. The molecule has 4 fully saturated rings. The van der Waals surface area contributed by atoms with Crippen LogP contribution in [0.15, 0.2) is 29.2 Å². The fourth-order valence-electron chi connectivity index (χ4n) is 8.04. The summed E-state index contributed by atoms with van der Waals surface area (Å²) in [5.41, 5.74) is -1.27. The Morgan fingerprint density at radius 2 is 1.73 bits per heavy atom. The number of Topliss-reactive ketones (excluding diaryl/α,β-unsaturated/α-hetero) is 1. The average Bonchev–Trinajstić information content (AvgIpc) is 3.05. The average molecular weight is 477 g/mol. The van der Waals surface area contributed by atoms with E-state index in [0.29, 0.717) is 31.5 Å². The van der Waals surface area contributed by atoms with Crippen LogP contribution in [0.1, 0.15) is 70.8 Å². The van der Waals surface area contributed by atoms with Crippen molar-refractivity contribution in [2.24, 2.45) is 28.6 Å². The first-order chi connectivity index (χ1) is 15.4. The third kappa shape index (κ3) is 3.37. The molecule has 0 spiro atoms. The molecule has 0 heterocycles. The Balaban J connectivity index is 1.39. The number of benzene rings is 1. The van der Waals surface area contributed by atoms with Gasteiger partial charge in [-0.3, -0.25) is 8.98 Å². The van der Waals surface area contributed by atoms with Gasteiger partial charge in [-0.15, -0.1) is 0 Å². The minimum atomic E-state index is -3.96. The summed E-state index contributed by atoms with van der Waals surface area (Å²) in [4.78, 5) is 12.7. The molecule has 0 aliphatic heterocycles. The van der Waals surface area contributed by atoms with E-state index in [0.717, 1.165) is 24.8 Å². The molecule has 4 saturated carbocycles. The van der Waals surface area contributed by atoms with Crippen LogP contribution in [-0.2, 0) is 19.1 Å². The van der Waals surface area contributed by atoms with Crippen LogP contribution in [0.25, 0.3) is 0 Å². The summed E-state index contributed by atoms with van der Waals surface area (Å²) in [6.45, 7) is 6.05. The largest absolute Gasteiger partial charge is 0.390 e. The van der Waals surface area contributed by atoms with Gasteiger partial charge >= 0.3 is 0 Å². The fraction of sp³-hybridized carbons (Fsp3) is 0.731. The summed E-state index contributed by atoms with van der Waals surface area (Å²) in [6, 6.07) is 6.54.